The van der Waals surface area contributed by atoms with Crippen LogP contribution in [0, 0.1) is 11.6 Å². The molecule has 0 aromatic heterocycles. The molecule has 1 fully saturated rings. The lowest BCUT2D eigenvalue weighted by molar-refractivity contribution is -0.127. The maximum absolute atomic E-state index is 16.0. The van der Waals surface area contributed by atoms with Gasteiger partial charge in [0.15, 0.2) is 5.82 Å². The molecule has 1 saturated heterocycles. The summed E-state index contributed by atoms with van der Waals surface area (Å²) in [6.45, 7) is 9.65. The molecular formula is C24H23ClF2N4O2. The number of nitrogens with one attached hydrogen (secondary N) is 1. The topological polar surface area (TPSA) is 57.2 Å². The van der Waals surface area contributed by atoms with E-state index in [2.05, 4.69) is 23.5 Å². The van der Waals surface area contributed by atoms with Gasteiger partial charge in [0, 0.05) is 43.0 Å². The Balaban J connectivity index is 1.80. The summed E-state index contributed by atoms with van der Waals surface area (Å²) in [6, 6.07) is 5.83. The molecule has 0 bridgehead atoms. The standard InChI is InChI=1S/C24H23ClF2N4O2/c1-4-19(32)30-8-10-31(11-9-30)24-15-12-16(25)20(21-17(26)6-5-7-18(21)33-3)22(27)23(15)29-14(2)13-28-24/h4-7,12,29H,1-2,8-11,13H2,3H3. The number of benzene rings is 2. The zero-order chi connectivity index (χ0) is 23.7. The molecule has 2 aliphatic heterocycles. The van der Waals surface area contributed by atoms with E-state index in [1.54, 1.807) is 17.0 Å². The smallest absolute Gasteiger partial charge is 0.246 e. The van der Waals surface area contributed by atoms with Crippen molar-refractivity contribution in [3.05, 3.63) is 71.4 Å². The molecule has 2 aliphatic rings. The minimum absolute atomic E-state index is 0.0251. The zero-order valence-electron chi connectivity index (χ0n) is 18.1. The number of methoxy groups -OCH3 is 1. The van der Waals surface area contributed by atoms with E-state index in [1.807, 2.05) is 4.90 Å². The third kappa shape index (κ3) is 4.18. The molecule has 1 amide bonds. The van der Waals surface area contributed by atoms with Gasteiger partial charge < -0.3 is 19.9 Å². The molecule has 0 spiro atoms. The van der Waals surface area contributed by atoms with E-state index in [1.165, 1.54) is 25.3 Å². The van der Waals surface area contributed by atoms with E-state index in [9.17, 15) is 9.18 Å². The molecule has 2 aromatic carbocycles. The van der Waals surface area contributed by atoms with Crippen LogP contribution in [0.2, 0.25) is 5.02 Å². The Morgan fingerprint density at radius 2 is 1.97 bits per heavy atom. The van der Waals surface area contributed by atoms with Gasteiger partial charge in [-0.1, -0.05) is 30.8 Å². The largest absolute Gasteiger partial charge is 0.496 e. The lowest BCUT2D eigenvalue weighted by Gasteiger charge is -2.36. The summed E-state index contributed by atoms with van der Waals surface area (Å²) in [5, 5.41) is 3.00. The molecule has 6 nitrogen and oxygen atoms in total. The van der Waals surface area contributed by atoms with Gasteiger partial charge in [0.05, 0.1) is 29.9 Å². The van der Waals surface area contributed by atoms with Crippen LogP contribution < -0.4 is 10.1 Å². The average Bonchev–Trinajstić information content (AvgIpc) is 2.98. The molecule has 0 radical (unpaired) electrons. The van der Waals surface area contributed by atoms with Crippen LogP contribution in [0.5, 0.6) is 5.75 Å². The molecule has 2 aromatic rings. The number of piperazine rings is 1. The Labute approximate surface area is 195 Å². The maximum atomic E-state index is 16.0. The number of hydrogen-bond donors (Lipinski definition) is 1. The van der Waals surface area contributed by atoms with E-state index >= 15 is 4.39 Å². The first-order valence-corrected chi connectivity index (χ1v) is 10.7. The number of amidine groups is 1. The van der Waals surface area contributed by atoms with E-state index in [0.29, 0.717) is 43.3 Å². The molecule has 0 unspecified atom stereocenters. The molecule has 172 valence electrons. The number of hydrogen-bond acceptors (Lipinski definition) is 5. The molecule has 33 heavy (non-hydrogen) atoms. The Morgan fingerprint density at radius 1 is 1.24 bits per heavy atom. The number of nitrogens with zero attached hydrogens (tertiary/aromatic N) is 3. The fraction of sp³-hybridized carbons (Fsp3) is 0.250. The summed E-state index contributed by atoms with van der Waals surface area (Å²) in [5.41, 5.74) is 0.883. The van der Waals surface area contributed by atoms with Gasteiger partial charge in [-0.15, -0.1) is 0 Å². The van der Waals surface area contributed by atoms with Crippen molar-refractivity contribution in [2.75, 3.05) is 45.2 Å². The Bertz CT molecular complexity index is 1170. The van der Waals surface area contributed by atoms with Gasteiger partial charge in [-0.25, -0.2) is 8.78 Å². The third-order valence-electron chi connectivity index (χ3n) is 5.69. The SMILES string of the molecule is C=CC(=O)N1CCN(C2=NCC(=C)Nc3c2cc(Cl)c(-c2c(F)cccc2OC)c3F)CC1. The number of anilines is 1. The van der Waals surface area contributed by atoms with Gasteiger partial charge in [0.25, 0.3) is 0 Å². The van der Waals surface area contributed by atoms with Gasteiger partial charge in [0.1, 0.15) is 17.4 Å². The molecule has 1 N–H and O–H groups in total. The number of ether oxygens (including phenoxy) is 1. The minimum Gasteiger partial charge on any atom is -0.496 e. The molecule has 2 heterocycles. The summed E-state index contributed by atoms with van der Waals surface area (Å²) in [5.74, 6) is -0.808. The predicted molar refractivity (Wildman–Crippen MR) is 126 cm³/mol. The number of rotatable bonds is 3. The maximum Gasteiger partial charge on any atom is 0.246 e. The van der Waals surface area contributed by atoms with Crippen LogP contribution in [-0.4, -0.2) is 61.4 Å². The Morgan fingerprint density at radius 3 is 2.64 bits per heavy atom. The Hall–Kier alpha value is -3.39. The lowest BCUT2D eigenvalue weighted by atomic mass is 9.98. The van der Waals surface area contributed by atoms with Gasteiger partial charge in [0.2, 0.25) is 5.91 Å². The van der Waals surface area contributed by atoms with Gasteiger partial charge in [-0.3, -0.25) is 9.79 Å². The van der Waals surface area contributed by atoms with Crippen molar-refractivity contribution < 1.29 is 18.3 Å². The second kappa shape index (κ2) is 9.23. The Kier molecular flexibility index (Phi) is 6.37. The van der Waals surface area contributed by atoms with Crippen LogP contribution in [0.1, 0.15) is 5.56 Å². The minimum atomic E-state index is -0.725. The van der Waals surface area contributed by atoms with Gasteiger partial charge in [-0.2, -0.15) is 0 Å². The highest BCUT2D eigenvalue weighted by atomic mass is 35.5. The number of halogens is 3. The fourth-order valence-corrected chi connectivity index (χ4v) is 4.36. The van der Waals surface area contributed by atoms with Gasteiger partial charge >= 0.3 is 0 Å². The number of aliphatic imine (C=N–C) groups is 1. The first-order valence-electron chi connectivity index (χ1n) is 10.4. The highest BCUT2D eigenvalue weighted by Gasteiger charge is 2.30. The number of carbonyl (C=O) groups excluding carboxylic acids is 1. The summed E-state index contributed by atoms with van der Waals surface area (Å²) in [4.78, 5) is 20.2. The van der Waals surface area contributed by atoms with Crippen molar-refractivity contribution in [1.29, 1.82) is 0 Å². The van der Waals surface area contributed by atoms with E-state index in [0.717, 1.165) is 0 Å². The second-order valence-corrected chi connectivity index (χ2v) is 8.08. The predicted octanol–water partition coefficient (Wildman–Crippen LogP) is 4.31. The van der Waals surface area contributed by atoms with Crippen molar-refractivity contribution in [3.8, 4) is 16.9 Å². The van der Waals surface area contributed by atoms with Crippen molar-refractivity contribution >= 4 is 29.0 Å². The summed E-state index contributed by atoms with van der Waals surface area (Å²) in [6.07, 6.45) is 1.29. The average molecular weight is 473 g/mol. The molecule has 0 aliphatic carbocycles. The number of benzodiazepines with no additional fused rings is 1. The van der Waals surface area contributed by atoms with Gasteiger partial charge in [-0.05, 0) is 24.3 Å². The van der Waals surface area contributed by atoms with Crippen molar-refractivity contribution in [1.82, 2.24) is 9.80 Å². The molecular weight excluding hydrogens is 450 g/mol. The van der Waals surface area contributed by atoms with Crippen LogP contribution in [0.3, 0.4) is 0 Å². The molecule has 4 rings (SSSR count). The first-order chi connectivity index (χ1) is 15.8. The quantitative estimate of drug-likeness (QED) is 0.676. The molecule has 9 heteroatoms. The van der Waals surface area contributed by atoms with Crippen LogP contribution in [-0.2, 0) is 4.79 Å². The highest BCUT2D eigenvalue weighted by molar-refractivity contribution is 6.34. The highest BCUT2D eigenvalue weighted by Crippen LogP contribution is 2.43. The van der Waals surface area contributed by atoms with Crippen LogP contribution in [0.25, 0.3) is 11.1 Å². The fourth-order valence-electron chi connectivity index (χ4n) is 4.07. The second-order valence-electron chi connectivity index (χ2n) is 7.67. The van der Waals surface area contributed by atoms with Crippen molar-refractivity contribution in [2.24, 2.45) is 4.99 Å². The van der Waals surface area contributed by atoms with Crippen LogP contribution >= 0.6 is 11.6 Å². The third-order valence-corrected chi connectivity index (χ3v) is 5.99. The monoisotopic (exact) mass is 472 g/mol. The molecule has 0 saturated carbocycles. The van der Waals surface area contributed by atoms with E-state index < -0.39 is 11.6 Å². The first kappa shape index (κ1) is 22.8. The summed E-state index contributed by atoms with van der Waals surface area (Å²) in [7, 11) is 1.38. The summed E-state index contributed by atoms with van der Waals surface area (Å²) < 4.78 is 36.0. The summed E-state index contributed by atoms with van der Waals surface area (Å²) >= 11 is 6.53. The number of amides is 1. The van der Waals surface area contributed by atoms with E-state index in [-0.39, 0.29) is 40.0 Å². The lowest BCUT2D eigenvalue weighted by Crippen LogP contribution is -2.50. The number of carbonyl (C=O) groups is 1. The van der Waals surface area contributed by atoms with E-state index in [4.69, 9.17) is 16.3 Å². The normalized spacial score (nSPS) is 15.9. The van der Waals surface area contributed by atoms with Crippen LogP contribution in [0.15, 0.2) is 54.2 Å². The zero-order valence-corrected chi connectivity index (χ0v) is 18.9. The van der Waals surface area contributed by atoms with Crippen LogP contribution in [0.4, 0.5) is 14.5 Å². The molecule has 0 atom stereocenters. The number of fused-ring (bicyclic) bond motifs is 1. The van der Waals surface area contributed by atoms with Crippen molar-refractivity contribution in [3.63, 3.8) is 0 Å². The van der Waals surface area contributed by atoms with Crippen molar-refractivity contribution in [2.45, 2.75) is 0 Å².